The minimum absolute atomic E-state index is 0.837. The monoisotopic (exact) mass is 344 g/mol. The Morgan fingerprint density at radius 2 is 1.46 bits per heavy atom. The summed E-state index contributed by atoms with van der Waals surface area (Å²) in [7, 11) is 2.06. The molecule has 1 aliphatic heterocycles. The molecule has 1 fully saturated rings. The van der Waals surface area contributed by atoms with Crippen LogP contribution in [0.1, 0.15) is 19.3 Å². The fourth-order valence-electron chi connectivity index (χ4n) is 3.37. The molecular weight excluding hydrogens is 320 g/mol. The third-order valence-electron chi connectivity index (χ3n) is 4.90. The topological polar surface area (TPSA) is 32.3 Å². The Bertz CT molecular complexity index is 843. The normalized spacial score (nSPS) is 14.3. The van der Waals surface area contributed by atoms with Gasteiger partial charge in [-0.15, -0.1) is 0 Å². The smallest absolute Gasteiger partial charge is 0.227 e. The van der Waals surface area contributed by atoms with Gasteiger partial charge in [0.05, 0.1) is 5.69 Å². The molecule has 0 atom stereocenters. The Morgan fingerprint density at radius 1 is 0.808 bits per heavy atom. The second kappa shape index (κ2) is 7.56. The summed E-state index contributed by atoms with van der Waals surface area (Å²) in [6.45, 7) is 2.07. The lowest BCUT2D eigenvalue weighted by Crippen LogP contribution is -2.31. The number of anilines is 3. The first kappa shape index (κ1) is 16.6. The highest BCUT2D eigenvalue weighted by molar-refractivity contribution is 5.68. The maximum Gasteiger partial charge on any atom is 0.227 e. The van der Waals surface area contributed by atoms with E-state index in [0.717, 1.165) is 41.8 Å². The molecule has 0 N–H and O–H groups in total. The van der Waals surface area contributed by atoms with Gasteiger partial charge < -0.3 is 9.80 Å². The molecule has 4 heteroatoms. The second-order valence-electron chi connectivity index (χ2n) is 6.72. The molecule has 2 aromatic carbocycles. The van der Waals surface area contributed by atoms with E-state index in [9.17, 15) is 0 Å². The molecule has 0 unspecified atom stereocenters. The number of nitrogens with zero attached hydrogens (tertiary/aromatic N) is 4. The third kappa shape index (κ3) is 3.54. The average molecular weight is 344 g/mol. The van der Waals surface area contributed by atoms with E-state index in [2.05, 4.69) is 71.4 Å². The molecule has 0 bridgehead atoms. The van der Waals surface area contributed by atoms with Crippen LogP contribution in [0.5, 0.6) is 0 Å². The summed E-state index contributed by atoms with van der Waals surface area (Å²) in [6.07, 6.45) is 3.72. The van der Waals surface area contributed by atoms with Gasteiger partial charge in [0.1, 0.15) is 5.82 Å². The van der Waals surface area contributed by atoms with Gasteiger partial charge in [0.2, 0.25) is 5.95 Å². The van der Waals surface area contributed by atoms with Crippen molar-refractivity contribution in [3.63, 3.8) is 0 Å². The third-order valence-corrected chi connectivity index (χ3v) is 4.90. The molecule has 1 aliphatic rings. The number of hydrogen-bond donors (Lipinski definition) is 0. The van der Waals surface area contributed by atoms with Gasteiger partial charge >= 0.3 is 0 Å². The van der Waals surface area contributed by atoms with Crippen LogP contribution in [0.15, 0.2) is 66.7 Å². The largest absolute Gasteiger partial charge is 0.341 e. The zero-order valence-corrected chi connectivity index (χ0v) is 15.2. The summed E-state index contributed by atoms with van der Waals surface area (Å²) < 4.78 is 0. The van der Waals surface area contributed by atoms with Crippen LogP contribution in [0, 0.1) is 0 Å². The lowest BCUT2D eigenvalue weighted by Gasteiger charge is -2.28. The molecule has 26 heavy (non-hydrogen) atoms. The zero-order chi connectivity index (χ0) is 17.8. The van der Waals surface area contributed by atoms with Crippen LogP contribution in [-0.2, 0) is 0 Å². The van der Waals surface area contributed by atoms with Crippen molar-refractivity contribution in [2.75, 3.05) is 29.9 Å². The predicted molar refractivity (Wildman–Crippen MR) is 108 cm³/mol. The second-order valence-corrected chi connectivity index (χ2v) is 6.72. The molecule has 3 aromatic rings. The van der Waals surface area contributed by atoms with Crippen LogP contribution in [0.3, 0.4) is 0 Å². The Kier molecular flexibility index (Phi) is 4.82. The van der Waals surface area contributed by atoms with Gasteiger partial charge in [-0.05, 0) is 31.4 Å². The van der Waals surface area contributed by atoms with Crippen LogP contribution < -0.4 is 9.80 Å². The molecule has 0 aliphatic carbocycles. The van der Waals surface area contributed by atoms with E-state index in [0.29, 0.717) is 0 Å². The molecule has 2 heterocycles. The lowest BCUT2D eigenvalue weighted by molar-refractivity contribution is 0.568. The maximum atomic E-state index is 4.90. The maximum absolute atomic E-state index is 4.90. The van der Waals surface area contributed by atoms with E-state index in [1.807, 2.05) is 12.1 Å². The summed E-state index contributed by atoms with van der Waals surface area (Å²) in [5.41, 5.74) is 3.21. The number of rotatable bonds is 4. The fraction of sp³-hybridized carbons (Fsp3) is 0.273. The highest BCUT2D eigenvalue weighted by Crippen LogP contribution is 2.29. The van der Waals surface area contributed by atoms with Gasteiger partial charge in [-0.1, -0.05) is 48.5 Å². The first-order chi connectivity index (χ1) is 12.8. The molecular formula is C22H24N4. The number of para-hydroxylation sites is 1. The van der Waals surface area contributed by atoms with Crippen molar-refractivity contribution in [3.05, 3.63) is 66.7 Å². The first-order valence-corrected chi connectivity index (χ1v) is 9.29. The van der Waals surface area contributed by atoms with Gasteiger partial charge in [0.15, 0.2) is 0 Å². The van der Waals surface area contributed by atoms with Gasteiger partial charge in [0.25, 0.3) is 0 Å². The Morgan fingerprint density at radius 3 is 2.15 bits per heavy atom. The van der Waals surface area contributed by atoms with E-state index in [1.165, 1.54) is 19.3 Å². The van der Waals surface area contributed by atoms with Crippen molar-refractivity contribution >= 4 is 17.5 Å². The van der Waals surface area contributed by atoms with Crippen LogP contribution in [0.2, 0.25) is 0 Å². The number of hydrogen-bond acceptors (Lipinski definition) is 4. The van der Waals surface area contributed by atoms with Gasteiger partial charge in [-0.2, -0.15) is 4.98 Å². The molecule has 4 nitrogen and oxygen atoms in total. The van der Waals surface area contributed by atoms with E-state index >= 15 is 0 Å². The molecule has 0 saturated carbocycles. The molecule has 0 amide bonds. The molecule has 0 radical (unpaired) electrons. The standard InChI is InChI=1S/C22H24N4/c1-25(19-13-7-3-8-14-19)21-17-20(18-11-5-2-6-12-18)23-22(24-21)26-15-9-4-10-16-26/h2-3,5-8,11-14,17H,4,9-10,15-16H2,1H3. The summed E-state index contributed by atoms with van der Waals surface area (Å²) in [4.78, 5) is 14.2. The van der Waals surface area contributed by atoms with Crippen molar-refractivity contribution in [3.8, 4) is 11.3 Å². The highest BCUT2D eigenvalue weighted by atomic mass is 15.3. The quantitative estimate of drug-likeness (QED) is 0.674. The highest BCUT2D eigenvalue weighted by Gasteiger charge is 2.17. The summed E-state index contributed by atoms with van der Waals surface area (Å²) in [6, 6.07) is 22.8. The summed E-state index contributed by atoms with van der Waals surface area (Å²) in [5, 5.41) is 0. The van der Waals surface area contributed by atoms with Crippen molar-refractivity contribution in [2.24, 2.45) is 0 Å². The minimum atomic E-state index is 0.837. The summed E-state index contributed by atoms with van der Waals surface area (Å²) >= 11 is 0. The Labute approximate surface area is 155 Å². The van der Waals surface area contributed by atoms with Crippen LogP contribution >= 0.6 is 0 Å². The minimum Gasteiger partial charge on any atom is -0.341 e. The predicted octanol–water partition coefficient (Wildman–Crippen LogP) is 4.90. The number of benzene rings is 2. The van der Waals surface area contributed by atoms with Gasteiger partial charge in [-0.25, -0.2) is 4.98 Å². The fourth-order valence-corrected chi connectivity index (χ4v) is 3.37. The van der Waals surface area contributed by atoms with Gasteiger partial charge in [-0.3, -0.25) is 0 Å². The average Bonchev–Trinajstić information content (AvgIpc) is 2.75. The lowest BCUT2D eigenvalue weighted by atomic mass is 10.1. The number of piperidine rings is 1. The van der Waals surface area contributed by atoms with Gasteiger partial charge in [0, 0.05) is 37.5 Å². The summed E-state index contributed by atoms with van der Waals surface area (Å²) in [5.74, 6) is 1.76. The Hall–Kier alpha value is -2.88. The van der Waals surface area contributed by atoms with Crippen LogP contribution in [0.25, 0.3) is 11.3 Å². The molecule has 0 spiro atoms. The SMILES string of the molecule is CN(c1ccccc1)c1cc(-c2ccccc2)nc(N2CCCCC2)n1. The molecule has 1 aromatic heterocycles. The van der Waals surface area contributed by atoms with Crippen molar-refractivity contribution in [1.82, 2.24) is 9.97 Å². The Balaban J connectivity index is 1.77. The van der Waals surface area contributed by atoms with E-state index < -0.39 is 0 Å². The van der Waals surface area contributed by atoms with Crippen molar-refractivity contribution in [1.29, 1.82) is 0 Å². The molecule has 4 rings (SSSR count). The molecule has 132 valence electrons. The van der Waals surface area contributed by atoms with Crippen molar-refractivity contribution in [2.45, 2.75) is 19.3 Å². The zero-order valence-electron chi connectivity index (χ0n) is 15.2. The van der Waals surface area contributed by atoms with Crippen LogP contribution in [-0.4, -0.2) is 30.1 Å². The molecule has 1 saturated heterocycles. The first-order valence-electron chi connectivity index (χ1n) is 9.29. The van der Waals surface area contributed by atoms with E-state index in [1.54, 1.807) is 0 Å². The van der Waals surface area contributed by atoms with E-state index in [-0.39, 0.29) is 0 Å². The number of aromatic nitrogens is 2. The van der Waals surface area contributed by atoms with Crippen LogP contribution in [0.4, 0.5) is 17.5 Å². The van der Waals surface area contributed by atoms with E-state index in [4.69, 9.17) is 9.97 Å². The van der Waals surface area contributed by atoms with Crippen molar-refractivity contribution < 1.29 is 0 Å².